The van der Waals surface area contributed by atoms with E-state index in [0.29, 0.717) is 30.8 Å². The molecule has 0 bridgehead atoms. The minimum absolute atomic E-state index is 0.0274. The van der Waals surface area contributed by atoms with Gasteiger partial charge in [0.15, 0.2) is 0 Å². The van der Waals surface area contributed by atoms with Crippen molar-refractivity contribution in [2.75, 3.05) is 50.4 Å². The molecular formula is C21H35N3O4S. The molecule has 0 aromatic heterocycles. The second-order valence-corrected chi connectivity index (χ2v) is 9.77. The smallest absolute Gasteiger partial charge is 0.232 e. The van der Waals surface area contributed by atoms with Crippen molar-refractivity contribution in [1.82, 2.24) is 10.2 Å². The van der Waals surface area contributed by atoms with Crippen LogP contribution in [-0.4, -0.2) is 65.3 Å². The summed E-state index contributed by atoms with van der Waals surface area (Å²) in [6.07, 6.45) is 5.42. The molecule has 0 radical (unpaired) electrons. The Kier molecular flexibility index (Phi) is 9.23. The quantitative estimate of drug-likeness (QED) is 0.551. The molecule has 1 aliphatic heterocycles. The maximum Gasteiger partial charge on any atom is 0.232 e. The number of methoxy groups -OCH3 is 1. The molecule has 8 heteroatoms. The first kappa shape index (κ1) is 23.5. The van der Waals surface area contributed by atoms with E-state index in [4.69, 9.17) is 4.74 Å². The topological polar surface area (TPSA) is 79.0 Å². The first-order chi connectivity index (χ1) is 13.8. The molecule has 164 valence electrons. The fourth-order valence-corrected chi connectivity index (χ4v) is 4.49. The zero-order valence-corrected chi connectivity index (χ0v) is 18.7. The van der Waals surface area contributed by atoms with Gasteiger partial charge in [-0.05, 0) is 75.5 Å². The number of sulfonamides is 1. The van der Waals surface area contributed by atoms with Gasteiger partial charge in [-0.25, -0.2) is 8.42 Å². The molecule has 0 spiro atoms. The van der Waals surface area contributed by atoms with E-state index < -0.39 is 10.0 Å². The third kappa shape index (κ3) is 8.22. The molecule has 0 aliphatic carbocycles. The van der Waals surface area contributed by atoms with Crippen molar-refractivity contribution >= 4 is 21.6 Å². The number of benzene rings is 1. The molecule has 29 heavy (non-hydrogen) atoms. The van der Waals surface area contributed by atoms with E-state index in [9.17, 15) is 13.2 Å². The fourth-order valence-electron chi connectivity index (χ4n) is 3.52. The number of amides is 1. The van der Waals surface area contributed by atoms with Crippen LogP contribution in [0.15, 0.2) is 24.3 Å². The zero-order valence-electron chi connectivity index (χ0n) is 17.9. The summed E-state index contributed by atoms with van der Waals surface area (Å²) in [6.45, 7) is 6.57. The normalized spacial score (nSPS) is 15.8. The first-order valence-corrected chi connectivity index (χ1v) is 12.2. The number of likely N-dealkylation sites (tertiary alicyclic amines) is 1. The molecular weight excluding hydrogens is 390 g/mol. The number of carbonyl (C=O) groups excluding carboxylic acids is 1. The van der Waals surface area contributed by atoms with E-state index in [0.717, 1.165) is 32.0 Å². The lowest BCUT2D eigenvalue weighted by molar-refractivity contribution is -0.121. The van der Waals surface area contributed by atoms with Crippen LogP contribution in [0, 0.1) is 5.92 Å². The second kappa shape index (κ2) is 11.4. The van der Waals surface area contributed by atoms with Crippen LogP contribution in [0.25, 0.3) is 0 Å². The standard InChI is InChI=1S/C21H35N3O4S/c1-18-11-16-23(17-12-18)14-5-13-22-21(25)6-4-15-24(29(3,26)27)19-7-9-20(28-2)10-8-19/h7-10,18H,4-6,11-17H2,1-3H3,(H,22,25). The number of nitrogens with zero attached hydrogens (tertiary/aromatic N) is 2. The van der Waals surface area contributed by atoms with Gasteiger partial charge in [0.25, 0.3) is 0 Å². The average molecular weight is 426 g/mol. The number of hydrogen-bond acceptors (Lipinski definition) is 5. The molecule has 0 unspecified atom stereocenters. The van der Waals surface area contributed by atoms with Crippen molar-refractivity contribution in [1.29, 1.82) is 0 Å². The highest BCUT2D eigenvalue weighted by Crippen LogP contribution is 2.22. The fraction of sp³-hybridized carbons (Fsp3) is 0.667. The van der Waals surface area contributed by atoms with E-state index in [1.807, 2.05) is 0 Å². The summed E-state index contributed by atoms with van der Waals surface area (Å²) in [6, 6.07) is 6.87. The number of ether oxygens (including phenoxy) is 1. The van der Waals surface area contributed by atoms with Crippen molar-refractivity contribution in [3.05, 3.63) is 24.3 Å². The van der Waals surface area contributed by atoms with Gasteiger partial charge in [0.2, 0.25) is 15.9 Å². The summed E-state index contributed by atoms with van der Waals surface area (Å²) in [4.78, 5) is 14.5. The lowest BCUT2D eigenvalue weighted by Crippen LogP contribution is -2.35. The third-order valence-corrected chi connectivity index (χ3v) is 6.57. The van der Waals surface area contributed by atoms with Gasteiger partial charge in [0, 0.05) is 19.5 Å². The highest BCUT2D eigenvalue weighted by Gasteiger charge is 2.18. The van der Waals surface area contributed by atoms with Crippen LogP contribution in [-0.2, 0) is 14.8 Å². The minimum Gasteiger partial charge on any atom is -0.497 e. The summed E-state index contributed by atoms with van der Waals surface area (Å²) in [7, 11) is -1.85. The molecule has 1 aliphatic rings. The van der Waals surface area contributed by atoms with Gasteiger partial charge in [-0.2, -0.15) is 0 Å². The van der Waals surface area contributed by atoms with E-state index in [1.54, 1.807) is 31.4 Å². The largest absolute Gasteiger partial charge is 0.497 e. The molecule has 1 fully saturated rings. The van der Waals surface area contributed by atoms with Gasteiger partial charge >= 0.3 is 0 Å². The zero-order chi connectivity index (χ0) is 21.3. The van der Waals surface area contributed by atoms with Crippen molar-refractivity contribution in [2.24, 2.45) is 5.92 Å². The molecule has 1 N–H and O–H groups in total. The van der Waals surface area contributed by atoms with Gasteiger partial charge in [0.1, 0.15) is 5.75 Å². The second-order valence-electron chi connectivity index (χ2n) is 7.86. The lowest BCUT2D eigenvalue weighted by atomic mass is 9.99. The van der Waals surface area contributed by atoms with Gasteiger partial charge in [-0.3, -0.25) is 9.10 Å². The Morgan fingerprint density at radius 3 is 2.45 bits per heavy atom. The van der Waals surface area contributed by atoms with Crippen LogP contribution in [0.4, 0.5) is 5.69 Å². The number of rotatable bonds is 11. The third-order valence-electron chi connectivity index (χ3n) is 5.38. The molecule has 2 rings (SSSR count). The Morgan fingerprint density at radius 2 is 1.86 bits per heavy atom. The Balaban J connectivity index is 1.69. The first-order valence-electron chi connectivity index (χ1n) is 10.4. The monoisotopic (exact) mass is 425 g/mol. The van der Waals surface area contributed by atoms with Crippen LogP contribution in [0.2, 0.25) is 0 Å². The van der Waals surface area contributed by atoms with Crippen LogP contribution in [0.3, 0.4) is 0 Å². The molecule has 1 aromatic rings. The summed E-state index contributed by atoms with van der Waals surface area (Å²) in [5.74, 6) is 1.47. The predicted molar refractivity (Wildman–Crippen MR) is 117 cm³/mol. The van der Waals surface area contributed by atoms with Crippen LogP contribution < -0.4 is 14.4 Å². The molecule has 1 heterocycles. The molecule has 1 aromatic carbocycles. The molecule has 0 saturated carbocycles. The van der Waals surface area contributed by atoms with Crippen molar-refractivity contribution in [2.45, 2.75) is 39.0 Å². The van der Waals surface area contributed by atoms with Crippen molar-refractivity contribution in [3.8, 4) is 5.75 Å². The summed E-state index contributed by atoms with van der Waals surface area (Å²) >= 11 is 0. The number of carbonyl (C=O) groups is 1. The summed E-state index contributed by atoms with van der Waals surface area (Å²) in [5, 5.41) is 2.95. The lowest BCUT2D eigenvalue weighted by Gasteiger charge is -2.30. The van der Waals surface area contributed by atoms with E-state index in [1.165, 1.54) is 23.4 Å². The maximum absolute atomic E-state index is 12.1. The van der Waals surface area contributed by atoms with Gasteiger partial charge < -0.3 is 15.0 Å². The van der Waals surface area contributed by atoms with E-state index in [2.05, 4.69) is 17.1 Å². The Labute approximate surface area is 175 Å². The highest BCUT2D eigenvalue weighted by molar-refractivity contribution is 7.92. The SMILES string of the molecule is COc1ccc(N(CCCC(=O)NCCCN2CCC(C)CC2)S(C)(=O)=O)cc1. The van der Waals surface area contributed by atoms with Gasteiger partial charge in [-0.15, -0.1) is 0 Å². The summed E-state index contributed by atoms with van der Waals surface area (Å²) < 4.78 is 30.7. The van der Waals surface area contributed by atoms with Crippen molar-refractivity contribution in [3.63, 3.8) is 0 Å². The number of nitrogens with one attached hydrogen (secondary N) is 1. The van der Waals surface area contributed by atoms with Crippen LogP contribution >= 0.6 is 0 Å². The number of hydrogen-bond donors (Lipinski definition) is 1. The van der Waals surface area contributed by atoms with E-state index in [-0.39, 0.29) is 12.5 Å². The predicted octanol–water partition coefficient (Wildman–Crippen LogP) is 2.48. The molecule has 1 saturated heterocycles. The Morgan fingerprint density at radius 1 is 1.21 bits per heavy atom. The van der Waals surface area contributed by atoms with Crippen LogP contribution in [0.1, 0.15) is 39.0 Å². The Hall–Kier alpha value is -1.80. The van der Waals surface area contributed by atoms with Gasteiger partial charge in [-0.1, -0.05) is 6.92 Å². The maximum atomic E-state index is 12.1. The molecule has 1 amide bonds. The van der Waals surface area contributed by atoms with Crippen molar-refractivity contribution < 1.29 is 17.9 Å². The van der Waals surface area contributed by atoms with Gasteiger partial charge in [0.05, 0.1) is 19.1 Å². The van der Waals surface area contributed by atoms with E-state index >= 15 is 0 Å². The molecule has 0 atom stereocenters. The summed E-state index contributed by atoms with van der Waals surface area (Å²) in [5.41, 5.74) is 0.574. The highest BCUT2D eigenvalue weighted by atomic mass is 32.2. The molecule has 7 nitrogen and oxygen atoms in total. The number of anilines is 1. The average Bonchev–Trinajstić information content (AvgIpc) is 2.69. The minimum atomic E-state index is -3.42. The van der Waals surface area contributed by atoms with Crippen LogP contribution in [0.5, 0.6) is 5.75 Å². The number of piperidine rings is 1. The Bertz CT molecular complexity index is 729.